The van der Waals surface area contributed by atoms with Gasteiger partial charge < -0.3 is 9.80 Å². The smallest absolute Gasteiger partial charge is 0.0782 e. The number of hydrogen-bond donors (Lipinski definition) is 0. The summed E-state index contributed by atoms with van der Waals surface area (Å²) in [6.45, 7) is 0. The van der Waals surface area contributed by atoms with Crippen molar-refractivity contribution in [1.29, 1.82) is 0 Å². The molecule has 5 aromatic rings. The molecule has 34 heavy (non-hydrogen) atoms. The third kappa shape index (κ3) is 2.35. The van der Waals surface area contributed by atoms with Gasteiger partial charge in [0.05, 0.1) is 16.8 Å². The maximum Gasteiger partial charge on any atom is 0.0782 e. The van der Waals surface area contributed by atoms with Crippen molar-refractivity contribution in [3.05, 3.63) is 150 Å². The molecule has 0 saturated carbocycles. The highest BCUT2D eigenvalue weighted by molar-refractivity contribution is 5.93. The summed E-state index contributed by atoms with van der Waals surface area (Å²) in [5, 5.41) is 0. The highest BCUT2D eigenvalue weighted by Gasteiger charge is 2.50. The van der Waals surface area contributed by atoms with Crippen molar-refractivity contribution in [3.8, 4) is 0 Å². The van der Waals surface area contributed by atoms with Gasteiger partial charge in [-0.15, -0.1) is 0 Å². The average Bonchev–Trinajstić information content (AvgIpc) is 2.91. The van der Waals surface area contributed by atoms with Crippen LogP contribution in [0.25, 0.3) is 0 Å². The normalized spacial score (nSPS) is 14.7. The Balaban J connectivity index is 1.68. The molecule has 5 aromatic carbocycles. The average molecular weight is 437 g/mol. The molecule has 7 rings (SSSR count). The molecule has 2 heteroatoms. The highest BCUT2D eigenvalue weighted by atomic mass is 15.2. The third-order valence-electron chi connectivity index (χ3n) is 7.45. The van der Waals surface area contributed by atoms with Crippen molar-refractivity contribution < 1.29 is 0 Å². The van der Waals surface area contributed by atoms with Gasteiger partial charge in [0.15, 0.2) is 0 Å². The minimum absolute atomic E-state index is 0.405. The maximum atomic E-state index is 2.42. The zero-order chi connectivity index (χ0) is 22.7. The van der Waals surface area contributed by atoms with E-state index in [1.54, 1.807) is 0 Å². The van der Waals surface area contributed by atoms with E-state index in [-0.39, 0.29) is 0 Å². The number of nitrogens with zero attached hydrogens (tertiary/aromatic N) is 2. The van der Waals surface area contributed by atoms with Crippen molar-refractivity contribution in [3.63, 3.8) is 0 Å². The van der Waals surface area contributed by atoms with E-state index >= 15 is 0 Å². The van der Waals surface area contributed by atoms with Crippen LogP contribution in [0.5, 0.6) is 0 Å². The summed E-state index contributed by atoms with van der Waals surface area (Å²) in [6, 6.07) is 46.3. The summed E-state index contributed by atoms with van der Waals surface area (Å²) >= 11 is 0. The molecular weight excluding hydrogens is 412 g/mol. The second-order valence-electron chi connectivity index (χ2n) is 9.05. The number of fused-ring (bicyclic) bond motifs is 8. The van der Waals surface area contributed by atoms with Gasteiger partial charge in [-0.2, -0.15) is 0 Å². The molecular formula is C32H24N2. The largest absolute Gasteiger partial charge is 0.344 e. The summed E-state index contributed by atoms with van der Waals surface area (Å²) in [7, 11) is 2.18. The Bertz CT molecular complexity index is 1440. The zero-order valence-corrected chi connectivity index (χ0v) is 19.0. The Hall–Kier alpha value is -4.30. The monoisotopic (exact) mass is 436 g/mol. The van der Waals surface area contributed by atoms with Crippen LogP contribution in [0.1, 0.15) is 22.3 Å². The van der Waals surface area contributed by atoms with E-state index in [0.717, 1.165) is 0 Å². The van der Waals surface area contributed by atoms with Crippen LogP contribution in [0, 0.1) is 0 Å². The molecule has 0 N–H and O–H groups in total. The Morgan fingerprint density at radius 3 is 1.24 bits per heavy atom. The summed E-state index contributed by atoms with van der Waals surface area (Å²) in [5.74, 6) is 0. The molecule has 2 heterocycles. The van der Waals surface area contributed by atoms with Gasteiger partial charge in [0.25, 0.3) is 0 Å². The van der Waals surface area contributed by atoms with Gasteiger partial charge in [-0.3, -0.25) is 0 Å². The van der Waals surface area contributed by atoms with E-state index in [4.69, 9.17) is 0 Å². The quantitative estimate of drug-likeness (QED) is 0.258. The lowest BCUT2D eigenvalue weighted by Gasteiger charge is -2.50. The number of benzene rings is 5. The maximum absolute atomic E-state index is 2.42. The lowest BCUT2D eigenvalue weighted by atomic mass is 9.60. The Morgan fingerprint density at radius 1 is 0.412 bits per heavy atom. The second kappa shape index (κ2) is 7.10. The predicted octanol–water partition coefficient (Wildman–Crippen LogP) is 7.93. The van der Waals surface area contributed by atoms with Crippen LogP contribution in [-0.4, -0.2) is 7.05 Å². The van der Waals surface area contributed by atoms with E-state index in [1.807, 2.05) is 0 Å². The third-order valence-corrected chi connectivity index (χ3v) is 7.45. The first-order valence-electron chi connectivity index (χ1n) is 11.8. The SMILES string of the molecule is CN1c2ccccc2C2(c3ccccc31)c1ccccc1N(c1ccccc1)c1ccccc12. The van der Waals surface area contributed by atoms with E-state index in [1.165, 1.54) is 50.7 Å². The molecule has 0 bridgehead atoms. The van der Waals surface area contributed by atoms with Gasteiger partial charge in [0.2, 0.25) is 0 Å². The van der Waals surface area contributed by atoms with Gasteiger partial charge in [-0.05, 0) is 58.7 Å². The summed E-state index contributed by atoms with van der Waals surface area (Å²) in [6.07, 6.45) is 0. The summed E-state index contributed by atoms with van der Waals surface area (Å²) in [4.78, 5) is 4.75. The molecule has 162 valence electrons. The van der Waals surface area contributed by atoms with E-state index in [2.05, 4.69) is 144 Å². The van der Waals surface area contributed by atoms with Gasteiger partial charge in [0.1, 0.15) is 0 Å². The molecule has 0 atom stereocenters. The molecule has 1 spiro atoms. The van der Waals surface area contributed by atoms with Crippen molar-refractivity contribution >= 4 is 28.4 Å². The first kappa shape index (κ1) is 19.2. The molecule has 0 fully saturated rings. The van der Waals surface area contributed by atoms with Crippen molar-refractivity contribution in [2.75, 3.05) is 16.8 Å². The lowest BCUT2D eigenvalue weighted by Crippen LogP contribution is -2.42. The Morgan fingerprint density at radius 2 is 0.765 bits per heavy atom. The van der Waals surface area contributed by atoms with Gasteiger partial charge in [-0.25, -0.2) is 0 Å². The van der Waals surface area contributed by atoms with Crippen LogP contribution in [0.2, 0.25) is 0 Å². The first-order valence-corrected chi connectivity index (χ1v) is 11.8. The zero-order valence-electron chi connectivity index (χ0n) is 19.0. The van der Waals surface area contributed by atoms with Crippen LogP contribution in [-0.2, 0) is 5.41 Å². The summed E-state index contributed by atoms with van der Waals surface area (Å²) in [5.41, 5.74) is 11.0. The molecule has 2 aliphatic rings. The van der Waals surface area contributed by atoms with Crippen LogP contribution in [0.3, 0.4) is 0 Å². The van der Waals surface area contributed by atoms with Crippen molar-refractivity contribution in [2.45, 2.75) is 5.41 Å². The first-order chi connectivity index (χ1) is 16.8. The highest BCUT2D eigenvalue weighted by Crippen LogP contribution is 2.62. The van der Waals surface area contributed by atoms with Gasteiger partial charge >= 0.3 is 0 Å². The minimum atomic E-state index is -0.405. The van der Waals surface area contributed by atoms with Crippen LogP contribution < -0.4 is 9.80 Å². The minimum Gasteiger partial charge on any atom is -0.344 e. The fourth-order valence-corrected chi connectivity index (χ4v) is 6.12. The molecule has 0 unspecified atom stereocenters. The Labute approximate surface area is 200 Å². The molecule has 2 nitrogen and oxygen atoms in total. The molecule has 0 saturated heterocycles. The molecule has 0 amide bonds. The number of anilines is 5. The Kier molecular flexibility index (Phi) is 4.01. The van der Waals surface area contributed by atoms with Crippen molar-refractivity contribution in [2.24, 2.45) is 0 Å². The molecule has 2 aliphatic heterocycles. The molecule has 0 radical (unpaired) electrons. The fraction of sp³-hybridized carbons (Fsp3) is 0.0625. The van der Waals surface area contributed by atoms with Crippen LogP contribution in [0.15, 0.2) is 127 Å². The van der Waals surface area contributed by atoms with E-state index in [9.17, 15) is 0 Å². The molecule has 0 aliphatic carbocycles. The van der Waals surface area contributed by atoms with Gasteiger partial charge in [-0.1, -0.05) is 91.0 Å². The van der Waals surface area contributed by atoms with Crippen LogP contribution >= 0.6 is 0 Å². The van der Waals surface area contributed by atoms with Crippen molar-refractivity contribution in [1.82, 2.24) is 0 Å². The topological polar surface area (TPSA) is 6.48 Å². The molecule has 0 aromatic heterocycles. The summed E-state index contributed by atoms with van der Waals surface area (Å²) < 4.78 is 0. The number of para-hydroxylation sites is 5. The number of hydrogen-bond acceptors (Lipinski definition) is 2. The predicted molar refractivity (Wildman–Crippen MR) is 141 cm³/mol. The van der Waals surface area contributed by atoms with Gasteiger partial charge in [0, 0.05) is 24.1 Å². The fourth-order valence-electron chi connectivity index (χ4n) is 6.12. The van der Waals surface area contributed by atoms with E-state index in [0.29, 0.717) is 0 Å². The number of rotatable bonds is 1. The lowest BCUT2D eigenvalue weighted by molar-refractivity contribution is 0.715. The standard InChI is InChI=1S/C32H24N2/c1-33-28-19-9-5-15-24(28)32(25-16-6-10-20-29(25)33)26-17-7-11-21-30(26)34(23-13-3-2-4-14-23)31-22-12-8-18-27(31)32/h2-22H,1H3. The second-order valence-corrected chi connectivity index (χ2v) is 9.05. The van der Waals surface area contributed by atoms with E-state index < -0.39 is 5.41 Å². The van der Waals surface area contributed by atoms with Crippen LogP contribution in [0.4, 0.5) is 28.4 Å².